The zero-order chi connectivity index (χ0) is 19.5. The van der Waals surface area contributed by atoms with Crippen LogP contribution in [-0.2, 0) is 4.79 Å². The Balaban J connectivity index is 1.34. The number of nitrogens with zero attached hydrogens (tertiary/aromatic N) is 2. The van der Waals surface area contributed by atoms with E-state index in [1.54, 1.807) is 6.08 Å². The molecule has 2 aromatic carbocycles. The Morgan fingerprint density at radius 2 is 1.82 bits per heavy atom. The second-order valence-electron chi connectivity index (χ2n) is 7.77. The Kier molecular flexibility index (Phi) is 5.29. The number of likely N-dealkylation sites (tertiary alicyclic amines) is 1. The van der Waals surface area contributed by atoms with E-state index in [0.717, 1.165) is 48.5 Å². The highest BCUT2D eigenvalue weighted by Gasteiger charge is 2.26. The molecule has 1 fully saturated rings. The summed E-state index contributed by atoms with van der Waals surface area (Å²) in [6.07, 6.45) is 5.36. The number of hydrogen-bond acceptors (Lipinski definition) is 3. The zero-order valence-corrected chi connectivity index (χ0v) is 16.5. The van der Waals surface area contributed by atoms with Crippen LogP contribution in [-0.4, -0.2) is 28.9 Å². The lowest BCUT2D eigenvalue weighted by Gasteiger charge is -2.29. The summed E-state index contributed by atoms with van der Waals surface area (Å²) >= 11 is 0. The summed E-state index contributed by atoms with van der Waals surface area (Å²) in [5.41, 5.74) is 4.11. The fourth-order valence-electron chi connectivity index (χ4n) is 3.68. The van der Waals surface area contributed by atoms with Crippen LogP contribution in [0.4, 0.5) is 0 Å². The molecule has 28 heavy (non-hydrogen) atoms. The predicted molar refractivity (Wildman–Crippen MR) is 112 cm³/mol. The van der Waals surface area contributed by atoms with Crippen LogP contribution in [0.3, 0.4) is 0 Å². The summed E-state index contributed by atoms with van der Waals surface area (Å²) in [6, 6.07) is 16.2. The molecule has 3 aromatic rings. The molecule has 4 heteroatoms. The van der Waals surface area contributed by atoms with Crippen molar-refractivity contribution in [2.24, 2.45) is 0 Å². The van der Waals surface area contributed by atoms with Gasteiger partial charge in [-0.1, -0.05) is 50.2 Å². The van der Waals surface area contributed by atoms with E-state index in [4.69, 9.17) is 4.42 Å². The molecule has 2 heterocycles. The lowest BCUT2D eigenvalue weighted by atomic mass is 9.96. The van der Waals surface area contributed by atoms with Gasteiger partial charge in [-0.05, 0) is 48.1 Å². The molecule has 1 aliphatic heterocycles. The molecule has 144 valence electrons. The molecule has 1 saturated heterocycles. The van der Waals surface area contributed by atoms with Crippen molar-refractivity contribution >= 4 is 23.1 Å². The average Bonchev–Trinajstić information content (AvgIpc) is 3.16. The number of para-hydroxylation sites is 2. The Morgan fingerprint density at radius 1 is 1.11 bits per heavy atom. The van der Waals surface area contributed by atoms with E-state index in [0.29, 0.717) is 5.92 Å². The third kappa shape index (κ3) is 4.01. The van der Waals surface area contributed by atoms with Gasteiger partial charge in [0.1, 0.15) is 5.52 Å². The molecule has 4 nitrogen and oxygen atoms in total. The molecule has 0 radical (unpaired) electrons. The van der Waals surface area contributed by atoms with E-state index < -0.39 is 0 Å². The Morgan fingerprint density at radius 3 is 2.50 bits per heavy atom. The highest BCUT2D eigenvalue weighted by Crippen LogP contribution is 2.30. The van der Waals surface area contributed by atoms with Crippen LogP contribution in [0.25, 0.3) is 17.2 Å². The van der Waals surface area contributed by atoms with Gasteiger partial charge in [0.25, 0.3) is 0 Å². The summed E-state index contributed by atoms with van der Waals surface area (Å²) in [5, 5.41) is 0. The molecule has 0 atom stereocenters. The second kappa shape index (κ2) is 8.01. The molecule has 0 aliphatic carbocycles. The minimum absolute atomic E-state index is 0.0731. The SMILES string of the molecule is CC(C)c1ccc(/C=C/C(=O)N2CCC(c3nc4ccccc4o3)CC2)cc1. The van der Waals surface area contributed by atoms with Crippen molar-refractivity contribution in [3.63, 3.8) is 0 Å². The number of rotatable bonds is 4. The lowest BCUT2D eigenvalue weighted by molar-refractivity contribution is -0.127. The van der Waals surface area contributed by atoms with Gasteiger partial charge in [0.05, 0.1) is 0 Å². The van der Waals surface area contributed by atoms with Crippen LogP contribution < -0.4 is 0 Å². The minimum atomic E-state index is 0.0731. The Bertz CT molecular complexity index is 944. The maximum Gasteiger partial charge on any atom is 0.246 e. The summed E-state index contributed by atoms with van der Waals surface area (Å²) < 4.78 is 5.91. The molecular formula is C24H26N2O2. The van der Waals surface area contributed by atoms with E-state index in [-0.39, 0.29) is 11.8 Å². The van der Waals surface area contributed by atoms with Crippen molar-refractivity contribution in [1.82, 2.24) is 9.88 Å². The van der Waals surface area contributed by atoms with Gasteiger partial charge in [-0.2, -0.15) is 0 Å². The first kappa shape index (κ1) is 18.5. The normalized spacial score (nSPS) is 15.8. The molecule has 0 bridgehead atoms. The van der Waals surface area contributed by atoms with Crippen LogP contribution >= 0.6 is 0 Å². The number of amides is 1. The number of fused-ring (bicyclic) bond motifs is 1. The van der Waals surface area contributed by atoms with Crippen molar-refractivity contribution < 1.29 is 9.21 Å². The van der Waals surface area contributed by atoms with Crippen molar-refractivity contribution in [2.45, 2.75) is 38.5 Å². The smallest absolute Gasteiger partial charge is 0.246 e. The molecule has 0 N–H and O–H groups in total. The lowest BCUT2D eigenvalue weighted by Crippen LogP contribution is -2.36. The highest BCUT2D eigenvalue weighted by atomic mass is 16.3. The summed E-state index contributed by atoms with van der Waals surface area (Å²) in [6.45, 7) is 5.83. The van der Waals surface area contributed by atoms with Crippen molar-refractivity contribution in [3.05, 3.63) is 71.6 Å². The molecule has 1 aromatic heterocycles. The highest BCUT2D eigenvalue weighted by molar-refractivity contribution is 5.91. The van der Waals surface area contributed by atoms with Gasteiger partial charge < -0.3 is 9.32 Å². The number of aromatic nitrogens is 1. The van der Waals surface area contributed by atoms with Crippen LogP contribution in [0, 0.1) is 0 Å². The number of carbonyl (C=O) groups is 1. The van der Waals surface area contributed by atoms with Gasteiger partial charge in [-0.15, -0.1) is 0 Å². The molecule has 0 spiro atoms. The van der Waals surface area contributed by atoms with E-state index in [2.05, 4.69) is 43.1 Å². The van der Waals surface area contributed by atoms with Crippen LogP contribution in [0.1, 0.15) is 55.5 Å². The first-order valence-corrected chi connectivity index (χ1v) is 10.0. The van der Waals surface area contributed by atoms with E-state index in [9.17, 15) is 4.79 Å². The average molecular weight is 374 g/mol. The van der Waals surface area contributed by atoms with Gasteiger partial charge in [0, 0.05) is 25.1 Å². The number of hydrogen-bond donors (Lipinski definition) is 0. The monoisotopic (exact) mass is 374 g/mol. The van der Waals surface area contributed by atoms with E-state index in [1.165, 1.54) is 5.56 Å². The quantitative estimate of drug-likeness (QED) is 0.577. The van der Waals surface area contributed by atoms with Crippen LogP contribution in [0.15, 0.2) is 59.0 Å². The number of benzene rings is 2. The van der Waals surface area contributed by atoms with E-state index >= 15 is 0 Å². The van der Waals surface area contributed by atoms with Crippen LogP contribution in [0.2, 0.25) is 0 Å². The topological polar surface area (TPSA) is 46.3 Å². The summed E-state index contributed by atoms with van der Waals surface area (Å²) in [5.74, 6) is 1.67. The van der Waals surface area contributed by atoms with Gasteiger partial charge in [0.15, 0.2) is 11.5 Å². The Labute approximate surface area is 165 Å². The second-order valence-corrected chi connectivity index (χ2v) is 7.77. The van der Waals surface area contributed by atoms with Crippen molar-refractivity contribution in [2.75, 3.05) is 13.1 Å². The maximum atomic E-state index is 12.5. The third-order valence-corrected chi connectivity index (χ3v) is 5.49. The number of piperidine rings is 1. The fourth-order valence-corrected chi connectivity index (χ4v) is 3.68. The summed E-state index contributed by atoms with van der Waals surface area (Å²) in [7, 11) is 0. The Hall–Kier alpha value is -2.88. The molecule has 0 unspecified atom stereocenters. The van der Waals surface area contributed by atoms with Gasteiger partial charge >= 0.3 is 0 Å². The molecule has 4 rings (SSSR count). The minimum Gasteiger partial charge on any atom is -0.440 e. The number of oxazole rings is 1. The fraction of sp³-hybridized carbons (Fsp3) is 0.333. The maximum absolute atomic E-state index is 12.5. The summed E-state index contributed by atoms with van der Waals surface area (Å²) in [4.78, 5) is 19.1. The molecular weight excluding hydrogens is 348 g/mol. The first-order chi connectivity index (χ1) is 13.6. The zero-order valence-electron chi connectivity index (χ0n) is 16.5. The van der Waals surface area contributed by atoms with E-state index in [1.807, 2.05) is 35.2 Å². The van der Waals surface area contributed by atoms with Gasteiger partial charge in [-0.3, -0.25) is 4.79 Å². The number of carbonyl (C=O) groups excluding carboxylic acids is 1. The third-order valence-electron chi connectivity index (χ3n) is 5.49. The van der Waals surface area contributed by atoms with Gasteiger partial charge in [0.2, 0.25) is 5.91 Å². The first-order valence-electron chi connectivity index (χ1n) is 10.0. The van der Waals surface area contributed by atoms with Crippen LogP contribution in [0.5, 0.6) is 0 Å². The standard InChI is InChI=1S/C24H26N2O2/c1-17(2)19-10-7-18(8-11-19)9-12-23(27)26-15-13-20(14-16-26)24-25-21-5-3-4-6-22(21)28-24/h3-12,17,20H,13-16H2,1-2H3/b12-9+. The molecule has 0 saturated carbocycles. The van der Waals surface area contributed by atoms with Gasteiger partial charge in [-0.25, -0.2) is 4.98 Å². The largest absolute Gasteiger partial charge is 0.440 e. The van der Waals surface area contributed by atoms with Crippen molar-refractivity contribution in [1.29, 1.82) is 0 Å². The molecule has 1 aliphatic rings. The molecule has 1 amide bonds. The van der Waals surface area contributed by atoms with Crippen molar-refractivity contribution in [3.8, 4) is 0 Å². The predicted octanol–water partition coefficient (Wildman–Crippen LogP) is 5.37.